The molecule has 3 N–H and O–H groups in total. The third kappa shape index (κ3) is 1.98. The molecule has 2 rings (SSSR count). The van der Waals surface area contributed by atoms with E-state index < -0.39 is 0 Å². The van der Waals surface area contributed by atoms with Crippen LogP contribution in [0, 0.1) is 0 Å². The number of rotatable bonds is 3. The number of hydrogen-bond acceptors (Lipinski definition) is 3. The molecule has 1 heterocycles. The number of nitrogens with one attached hydrogen (secondary N) is 1. The summed E-state index contributed by atoms with van der Waals surface area (Å²) in [5, 5.41) is 1.16. The van der Waals surface area contributed by atoms with E-state index in [1.165, 1.54) is 0 Å². The van der Waals surface area contributed by atoms with E-state index in [2.05, 4.69) is 29.5 Å². The van der Waals surface area contributed by atoms with Crippen molar-refractivity contribution < 1.29 is 0 Å². The van der Waals surface area contributed by atoms with Crippen LogP contribution in [0.25, 0.3) is 10.9 Å². The van der Waals surface area contributed by atoms with Gasteiger partial charge in [0.05, 0.1) is 17.3 Å². The summed E-state index contributed by atoms with van der Waals surface area (Å²) in [6, 6.07) is 12.3. The van der Waals surface area contributed by atoms with Crippen LogP contribution in [0.15, 0.2) is 36.4 Å². The van der Waals surface area contributed by atoms with Crippen LogP contribution in [-0.4, -0.2) is 4.98 Å². The van der Waals surface area contributed by atoms with E-state index in [9.17, 15) is 0 Å². The van der Waals surface area contributed by atoms with E-state index in [1.54, 1.807) is 0 Å². The minimum atomic E-state index is 0.134. The summed E-state index contributed by atoms with van der Waals surface area (Å²) in [6.07, 6.45) is 0.932. The normalized spacial score (nSPS) is 12.9. The van der Waals surface area contributed by atoms with Gasteiger partial charge >= 0.3 is 0 Å². The van der Waals surface area contributed by atoms with Gasteiger partial charge in [0.2, 0.25) is 0 Å². The summed E-state index contributed by atoms with van der Waals surface area (Å²) in [4.78, 5) is 4.57. The third-order valence-electron chi connectivity index (χ3n) is 2.59. The lowest BCUT2D eigenvalue weighted by atomic mass is 10.1. The first kappa shape index (κ1) is 10.1. The Morgan fingerprint density at radius 1 is 1.27 bits per heavy atom. The van der Waals surface area contributed by atoms with Crippen LogP contribution in [0.3, 0.4) is 0 Å². The second kappa shape index (κ2) is 4.38. The van der Waals surface area contributed by atoms with E-state index in [0.717, 1.165) is 23.0 Å². The van der Waals surface area contributed by atoms with Gasteiger partial charge in [-0.2, -0.15) is 0 Å². The van der Waals surface area contributed by atoms with Crippen molar-refractivity contribution in [2.75, 3.05) is 0 Å². The Bertz CT molecular complexity index is 449. The molecule has 1 atom stereocenters. The number of nitrogens with zero attached hydrogens (tertiary/aromatic N) is 1. The molecule has 0 fully saturated rings. The second-order valence-electron chi connectivity index (χ2n) is 3.56. The van der Waals surface area contributed by atoms with Crippen LogP contribution in [0.2, 0.25) is 0 Å². The number of hydrazine groups is 1. The molecule has 1 aromatic carbocycles. The number of aromatic nitrogens is 1. The van der Waals surface area contributed by atoms with Crippen molar-refractivity contribution in [1.29, 1.82) is 0 Å². The van der Waals surface area contributed by atoms with E-state index in [4.69, 9.17) is 5.84 Å². The molecule has 0 aliphatic heterocycles. The number of fused-ring (bicyclic) bond motifs is 1. The van der Waals surface area contributed by atoms with Crippen LogP contribution in [0.4, 0.5) is 0 Å². The molecule has 3 nitrogen and oxygen atoms in total. The van der Waals surface area contributed by atoms with Gasteiger partial charge in [0.1, 0.15) is 0 Å². The zero-order valence-corrected chi connectivity index (χ0v) is 8.77. The first-order valence-electron chi connectivity index (χ1n) is 5.17. The molecule has 0 spiro atoms. The molecule has 0 saturated carbocycles. The number of hydrogen-bond donors (Lipinski definition) is 2. The van der Waals surface area contributed by atoms with E-state index in [1.807, 2.05) is 24.3 Å². The Kier molecular flexibility index (Phi) is 2.94. The standard InChI is InChI=1S/C12H15N3/c1-2-10(15-13)12-8-7-9-5-3-4-6-11(9)14-12/h3-8,10,15H,2,13H2,1H3. The summed E-state index contributed by atoms with van der Waals surface area (Å²) >= 11 is 0. The van der Waals surface area contributed by atoms with Gasteiger partial charge in [-0.05, 0) is 18.6 Å². The molecule has 0 saturated heterocycles. The molecule has 0 amide bonds. The lowest BCUT2D eigenvalue weighted by molar-refractivity contribution is 0.527. The smallest absolute Gasteiger partial charge is 0.0706 e. The largest absolute Gasteiger partial charge is 0.271 e. The van der Waals surface area contributed by atoms with Crippen molar-refractivity contribution in [2.24, 2.45) is 5.84 Å². The van der Waals surface area contributed by atoms with Crippen molar-refractivity contribution in [3.63, 3.8) is 0 Å². The van der Waals surface area contributed by atoms with Gasteiger partial charge in [0.25, 0.3) is 0 Å². The fraction of sp³-hybridized carbons (Fsp3) is 0.250. The molecule has 2 aromatic rings. The molecule has 0 aliphatic carbocycles. The molecular weight excluding hydrogens is 186 g/mol. The highest BCUT2D eigenvalue weighted by atomic mass is 15.2. The Morgan fingerprint density at radius 3 is 2.80 bits per heavy atom. The van der Waals surface area contributed by atoms with Gasteiger partial charge in [-0.15, -0.1) is 0 Å². The predicted octanol–water partition coefficient (Wildman–Crippen LogP) is 2.15. The van der Waals surface area contributed by atoms with Crippen LogP contribution in [0.1, 0.15) is 25.1 Å². The predicted molar refractivity (Wildman–Crippen MR) is 62.1 cm³/mol. The number of para-hydroxylation sites is 1. The summed E-state index contributed by atoms with van der Waals surface area (Å²) in [7, 11) is 0. The highest BCUT2D eigenvalue weighted by Crippen LogP contribution is 2.17. The average molecular weight is 201 g/mol. The molecular formula is C12H15N3. The Labute approximate surface area is 89.3 Å². The number of pyridine rings is 1. The van der Waals surface area contributed by atoms with Gasteiger partial charge in [-0.3, -0.25) is 16.3 Å². The first-order valence-corrected chi connectivity index (χ1v) is 5.17. The average Bonchev–Trinajstić information content (AvgIpc) is 2.30. The highest BCUT2D eigenvalue weighted by Gasteiger charge is 2.08. The van der Waals surface area contributed by atoms with Crippen LogP contribution in [-0.2, 0) is 0 Å². The first-order chi connectivity index (χ1) is 7.35. The van der Waals surface area contributed by atoms with Crippen molar-refractivity contribution in [2.45, 2.75) is 19.4 Å². The van der Waals surface area contributed by atoms with Gasteiger partial charge in [0, 0.05) is 5.39 Å². The summed E-state index contributed by atoms with van der Waals surface area (Å²) in [6.45, 7) is 2.08. The van der Waals surface area contributed by atoms with Gasteiger partial charge < -0.3 is 0 Å². The van der Waals surface area contributed by atoms with Crippen LogP contribution >= 0.6 is 0 Å². The van der Waals surface area contributed by atoms with Crippen molar-refractivity contribution >= 4 is 10.9 Å². The highest BCUT2D eigenvalue weighted by molar-refractivity contribution is 5.78. The second-order valence-corrected chi connectivity index (χ2v) is 3.56. The number of benzene rings is 1. The van der Waals surface area contributed by atoms with E-state index >= 15 is 0 Å². The Balaban J connectivity index is 2.46. The molecule has 1 aromatic heterocycles. The molecule has 1 unspecified atom stereocenters. The molecule has 3 heteroatoms. The third-order valence-corrected chi connectivity index (χ3v) is 2.59. The van der Waals surface area contributed by atoms with Crippen molar-refractivity contribution in [1.82, 2.24) is 10.4 Å². The van der Waals surface area contributed by atoms with E-state index in [0.29, 0.717) is 0 Å². The minimum absolute atomic E-state index is 0.134. The Morgan fingerprint density at radius 2 is 2.07 bits per heavy atom. The fourth-order valence-corrected chi connectivity index (χ4v) is 1.69. The SMILES string of the molecule is CCC(NN)c1ccc2ccccc2n1. The van der Waals surface area contributed by atoms with Gasteiger partial charge in [0.15, 0.2) is 0 Å². The molecule has 0 bridgehead atoms. The lowest BCUT2D eigenvalue weighted by Crippen LogP contribution is -2.28. The van der Waals surface area contributed by atoms with Crippen molar-refractivity contribution in [3.05, 3.63) is 42.1 Å². The van der Waals surface area contributed by atoms with Crippen molar-refractivity contribution in [3.8, 4) is 0 Å². The molecule has 0 aliphatic rings. The zero-order valence-electron chi connectivity index (χ0n) is 8.77. The monoisotopic (exact) mass is 201 g/mol. The maximum atomic E-state index is 5.47. The Hall–Kier alpha value is -1.45. The van der Waals surface area contributed by atoms with E-state index in [-0.39, 0.29) is 6.04 Å². The minimum Gasteiger partial charge on any atom is -0.271 e. The molecule has 15 heavy (non-hydrogen) atoms. The lowest BCUT2D eigenvalue weighted by Gasteiger charge is -2.13. The maximum Gasteiger partial charge on any atom is 0.0706 e. The quantitative estimate of drug-likeness (QED) is 0.591. The fourth-order valence-electron chi connectivity index (χ4n) is 1.69. The van der Waals surface area contributed by atoms with Crippen LogP contribution < -0.4 is 11.3 Å². The van der Waals surface area contributed by atoms with Gasteiger partial charge in [-0.1, -0.05) is 31.2 Å². The topological polar surface area (TPSA) is 50.9 Å². The molecule has 0 radical (unpaired) electrons. The molecule has 78 valence electrons. The van der Waals surface area contributed by atoms with Gasteiger partial charge in [-0.25, -0.2) is 0 Å². The summed E-state index contributed by atoms with van der Waals surface area (Å²) in [5.74, 6) is 5.47. The summed E-state index contributed by atoms with van der Waals surface area (Å²) in [5.41, 5.74) is 4.79. The maximum absolute atomic E-state index is 5.47. The summed E-state index contributed by atoms with van der Waals surface area (Å²) < 4.78 is 0. The zero-order chi connectivity index (χ0) is 10.7. The van der Waals surface area contributed by atoms with Crippen LogP contribution in [0.5, 0.6) is 0 Å². The number of nitrogens with two attached hydrogens (primary N) is 1.